The molecule has 100 valence electrons. The van der Waals surface area contributed by atoms with E-state index in [1.807, 2.05) is 13.8 Å². The molecule has 0 bridgehead atoms. The first kappa shape index (κ1) is 14.4. The molecule has 1 heterocycles. The number of carbonyl (C=O) groups excluding carboxylic acids is 1. The summed E-state index contributed by atoms with van der Waals surface area (Å²) in [5.41, 5.74) is 1.32. The van der Waals surface area contributed by atoms with Crippen molar-refractivity contribution in [2.45, 2.75) is 46.0 Å². The Balaban J connectivity index is 2.56. The first-order valence-electron chi connectivity index (χ1n) is 6.37. The highest BCUT2D eigenvalue weighted by molar-refractivity contribution is 5.72. The van der Waals surface area contributed by atoms with Gasteiger partial charge in [0.25, 0.3) is 5.56 Å². The summed E-state index contributed by atoms with van der Waals surface area (Å²) in [6.07, 6.45) is 4.12. The summed E-state index contributed by atoms with van der Waals surface area (Å²) < 4.78 is 0. The zero-order valence-electron chi connectivity index (χ0n) is 11.2. The molecule has 0 aliphatic rings. The Hall–Kier alpha value is -1.65. The van der Waals surface area contributed by atoms with E-state index in [1.165, 1.54) is 6.92 Å². The fourth-order valence-electron chi connectivity index (χ4n) is 1.66. The van der Waals surface area contributed by atoms with E-state index in [-0.39, 0.29) is 17.4 Å². The van der Waals surface area contributed by atoms with Gasteiger partial charge in [-0.3, -0.25) is 14.6 Å². The average molecular weight is 251 g/mol. The van der Waals surface area contributed by atoms with E-state index in [4.69, 9.17) is 0 Å². The van der Waals surface area contributed by atoms with E-state index >= 15 is 0 Å². The predicted molar refractivity (Wildman–Crippen MR) is 70.6 cm³/mol. The molecular formula is C13H21N3O2. The van der Waals surface area contributed by atoms with Crippen molar-refractivity contribution < 1.29 is 4.79 Å². The number of aryl methyl sites for hydroxylation is 1. The van der Waals surface area contributed by atoms with Crippen molar-refractivity contribution in [1.82, 2.24) is 15.3 Å². The molecule has 0 aromatic carbocycles. The molecule has 1 atom stereocenters. The van der Waals surface area contributed by atoms with Gasteiger partial charge in [-0.25, -0.2) is 0 Å². The minimum Gasteiger partial charge on any atom is -0.356 e. The maximum absolute atomic E-state index is 11.8. The zero-order valence-corrected chi connectivity index (χ0v) is 11.2. The lowest BCUT2D eigenvalue weighted by Gasteiger charge is -2.08. The SMILES string of the molecule is CC[C@@H](C)c1ncc(CCCNC(C)=O)[nH]c1=O. The molecule has 2 N–H and O–H groups in total. The number of aromatic nitrogens is 2. The summed E-state index contributed by atoms with van der Waals surface area (Å²) in [5, 5.41) is 2.72. The highest BCUT2D eigenvalue weighted by Crippen LogP contribution is 2.11. The minimum absolute atomic E-state index is 0.0336. The summed E-state index contributed by atoms with van der Waals surface area (Å²) >= 11 is 0. The summed E-state index contributed by atoms with van der Waals surface area (Å²) in [5.74, 6) is 0.149. The first-order chi connectivity index (χ1) is 8.54. The molecule has 0 saturated heterocycles. The molecule has 5 heteroatoms. The van der Waals surface area contributed by atoms with Crippen LogP contribution in [-0.4, -0.2) is 22.4 Å². The molecule has 1 rings (SSSR count). The van der Waals surface area contributed by atoms with E-state index in [1.54, 1.807) is 6.20 Å². The van der Waals surface area contributed by atoms with E-state index in [0.29, 0.717) is 18.7 Å². The molecular weight excluding hydrogens is 230 g/mol. The molecule has 1 amide bonds. The van der Waals surface area contributed by atoms with E-state index in [9.17, 15) is 9.59 Å². The molecule has 0 spiro atoms. The van der Waals surface area contributed by atoms with Gasteiger partial charge >= 0.3 is 0 Å². The van der Waals surface area contributed by atoms with Crippen molar-refractivity contribution in [2.24, 2.45) is 0 Å². The molecule has 0 radical (unpaired) electrons. The van der Waals surface area contributed by atoms with Crippen molar-refractivity contribution >= 4 is 5.91 Å². The Kier molecular flexibility index (Phi) is 5.55. The number of nitrogens with one attached hydrogen (secondary N) is 2. The largest absolute Gasteiger partial charge is 0.356 e. The van der Waals surface area contributed by atoms with Gasteiger partial charge in [0.1, 0.15) is 5.69 Å². The summed E-state index contributed by atoms with van der Waals surface area (Å²) in [6, 6.07) is 0. The Morgan fingerprint density at radius 3 is 2.83 bits per heavy atom. The van der Waals surface area contributed by atoms with Crippen LogP contribution >= 0.6 is 0 Å². The molecule has 5 nitrogen and oxygen atoms in total. The van der Waals surface area contributed by atoms with Crippen LogP contribution in [0.1, 0.15) is 50.9 Å². The maximum Gasteiger partial charge on any atom is 0.270 e. The molecule has 1 aromatic rings. The summed E-state index contributed by atoms with van der Waals surface area (Å²) in [6.45, 7) is 6.13. The third kappa shape index (κ3) is 4.31. The highest BCUT2D eigenvalue weighted by atomic mass is 16.1. The van der Waals surface area contributed by atoms with Gasteiger partial charge in [0.2, 0.25) is 5.91 Å². The molecule has 18 heavy (non-hydrogen) atoms. The van der Waals surface area contributed by atoms with Crippen molar-refractivity contribution in [2.75, 3.05) is 6.54 Å². The van der Waals surface area contributed by atoms with Crippen molar-refractivity contribution in [1.29, 1.82) is 0 Å². The Morgan fingerprint density at radius 1 is 1.56 bits per heavy atom. The number of nitrogens with zero attached hydrogens (tertiary/aromatic N) is 1. The smallest absolute Gasteiger partial charge is 0.270 e. The van der Waals surface area contributed by atoms with Crippen LogP contribution in [0.15, 0.2) is 11.0 Å². The van der Waals surface area contributed by atoms with Crippen LogP contribution in [-0.2, 0) is 11.2 Å². The lowest BCUT2D eigenvalue weighted by molar-refractivity contribution is -0.118. The molecule has 0 aliphatic heterocycles. The van der Waals surface area contributed by atoms with Crippen LogP contribution in [0.4, 0.5) is 0 Å². The van der Waals surface area contributed by atoms with Crippen LogP contribution < -0.4 is 10.9 Å². The third-order valence-corrected chi connectivity index (χ3v) is 2.94. The van der Waals surface area contributed by atoms with Crippen molar-refractivity contribution in [3.05, 3.63) is 27.9 Å². The monoisotopic (exact) mass is 251 g/mol. The van der Waals surface area contributed by atoms with Crippen LogP contribution in [0.3, 0.4) is 0 Å². The topological polar surface area (TPSA) is 74.8 Å². The molecule has 0 fully saturated rings. The standard InChI is InChI=1S/C13H21N3O2/c1-4-9(2)12-13(18)16-11(8-15-12)6-5-7-14-10(3)17/h8-9H,4-7H2,1-3H3,(H,14,17)(H,16,18)/t9-/m1/s1. The Bertz CT molecular complexity index is 454. The molecule has 0 saturated carbocycles. The van der Waals surface area contributed by atoms with Crippen molar-refractivity contribution in [3.8, 4) is 0 Å². The van der Waals surface area contributed by atoms with Gasteiger partial charge in [-0.15, -0.1) is 0 Å². The lowest BCUT2D eigenvalue weighted by atomic mass is 10.1. The first-order valence-corrected chi connectivity index (χ1v) is 6.37. The van der Waals surface area contributed by atoms with Crippen LogP contribution in [0.2, 0.25) is 0 Å². The van der Waals surface area contributed by atoms with Crippen molar-refractivity contribution in [3.63, 3.8) is 0 Å². The van der Waals surface area contributed by atoms with Gasteiger partial charge in [0.05, 0.1) is 0 Å². The minimum atomic E-state index is -0.0959. The van der Waals surface area contributed by atoms with Crippen LogP contribution in [0.25, 0.3) is 0 Å². The second-order valence-electron chi connectivity index (χ2n) is 4.52. The molecule has 1 aromatic heterocycles. The van der Waals surface area contributed by atoms with Gasteiger partial charge in [-0.2, -0.15) is 0 Å². The van der Waals surface area contributed by atoms with Gasteiger partial charge in [-0.1, -0.05) is 13.8 Å². The van der Waals surface area contributed by atoms with Gasteiger partial charge in [0.15, 0.2) is 0 Å². The van der Waals surface area contributed by atoms with Gasteiger partial charge < -0.3 is 10.3 Å². The Morgan fingerprint density at radius 2 is 2.28 bits per heavy atom. The second-order valence-corrected chi connectivity index (χ2v) is 4.52. The quantitative estimate of drug-likeness (QED) is 0.749. The number of rotatable bonds is 6. The predicted octanol–water partition coefficient (Wildman–Crippen LogP) is 1.35. The van der Waals surface area contributed by atoms with E-state index in [2.05, 4.69) is 15.3 Å². The van der Waals surface area contributed by atoms with E-state index in [0.717, 1.165) is 18.5 Å². The van der Waals surface area contributed by atoms with Crippen LogP contribution in [0.5, 0.6) is 0 Å². The van der Waals surface area contributed by atoms with Gasteiger partial charge in [-0.05, 0) is 19.3 Å². The fourth-order valence-corrected chi connectivity index (χ4v) is 1.66. The third-order valence-electron chi connectivity index (χ3n) is 2.94. The normalized spacial score (nSPS) is 12.2. The maximum atomic E-state index is 11.8. The molecule has 0 aliphatic carbocycles. The average Bonchev–Trinajstić information content (AvgIpc) is 2.33. The number of carbonyl (C=O) groups is 1. The number of aromatic amines is 1. The fraction of sp³-hybridized carbons (Fsp3) is 0.615. The molecule has 0 unspecified atom stereocenters. The number of hydrogen-bond donors (Lipinski definition) is 2. The van der Waals surface area contributed by atoms with Crippen LogP contribution in [0, 0.1) is 0 Å². The summed E-state index contributed by atoms with van der Waals surface area (Å²) in [7, 11) is 0. The number of H-pyrrole nitrogens is 1. The number of amides is 1. The lowest BCUT2D eigenvalue weighted by Crippen LogP contribution is -2.22. The summed E-state index contributed by atoms with van der Waals surface area (Å²) in [4.78, 5) is 29.6. The zero-order chi connectivity index (χ0) is 13.5. The number of hydrogen-bond acceptors (Lipinski definition) is 3. The highest BCUT2D eigenvalue weighted by Gasteiger charge is 2.09. The van der Waals surface area contributed by atoms with E-state index < -0.39 is 0 Å². The Labute approximate surface area is 107 Å². The second kappa shape index (κ2) is 6.93. The van der Waals surface area contributed by atoms with Gasteiger partial charge in [0, 0.05) is 31.3 Å².